The molecule has 6 nitrogen and oxygen atoms in total. The molecule has 0 aromatic heterocycles. The number of unbranched alkanes of at least 4 members (excludes halogenated alkanes) is 6. The Bertz CT molecular complexity index is 1550. The number of rotatable bonds is 19. The number of hydrogen-bond donors (Lipinski definition) is 0. The van der Waals surface area contributed by atoms with Gasteiger partial charge in [-0.25, -0.2) is 14.4 Å². The second-order valence-corrected chi connectivity index (χ2v) is 12.2. The van der Waals surface area contributed by atoms with Crippen molar-refractivity contribution in [1.29, 1.82) is 0 Å². The SMILES string of the molecule is CCCCCCC(C)OC(=O)c1ccc(-c2ccc(OC(=O)c3ccc(CCCCCCOC(=O)C(F)(F)C(F)(F)C(F)(F)F)cc3)cc2)cc1. The highest BCUT2D eigenvalue weighted by molar-refractivity contribution is 5.91. The molecule has 0 heterocycles. The maximum Gasteiger partial charge on any atom is 0.460 e. The molecule has 278 valence electrons. The van der Waals surface area contributed by atoms with Gasteiger partial charge >= 0.3 is 35.9 Å². The number of halogens is 7. The summed E-state index contributed by atoms with van der Waals surface area (Å²) in [7, 11) is 0. The van der Waals surface area contributed by atoms with Gasteiger partial charge in [-0.2, -0.15) is 30.7 Å². The van der Waals surface area contributed by atoms with E-state index >= 15 is 0 Å². The Morgan fingerprint density at radius 3 is 1.76 bits per heavy atom. The van der Waals surface area contributed by atoms with Crippen molar-refractivity contribution in [3.8, 4) is 16.9 Å². The van der Waals surface area contributed by atoms with Gasteiger partial charge in [-0.1, -0.05) is 75.4 Å². The number of esters is 3. The molecule has 0 fully saturated rings. The van der Waals surface area contributed by atoms with E-state index in [0.29, 0.717) is 42.6 Å². The van der Waals surface area contributed by atoms with Crippen molar-refractivity contribution < 1.29 is 59.3 Å². The van der Waals surface area contributed by atoms with E-state index in [9.17, 15) is 45.1 Å². The van der Waals surface area contributed by atoms with Gasteiger partial charge < -0.3 is 14.2 Å². The lowest BCUT2D eigenvalue weighted by Crippen LogP contribution is -2.56. The third-order valence-electron chi connectivity index (χ3n) is 8.08. The zero-order valence-corrected chi connectivity index (χ0v) is 28.4. The topological polar surface area (TPSA) is 78.9 Å². The fourth-order valence-electron chi connectivity index (χ4n) is 5.00. The van der Waals surface area contributed by atoms with Gasteiger partial charge in [-0.05, 0) is 92.1 Å². The van der Waals surface area contributed by atoms with Crippen LogP contribution in [0.5, 0.6) is 5.75 Å². The van der Waals surface area contributed by atoms with Gasteiger partial charge in [-0.15, -0.1) is 0 Å². The molecule has 0 aliphatic rings. The lowest BCUT2D eigenvalue weighted by Gasteiger charge is -2.26. The summed E-state index contributed by atoms with van der Waals surface area (Å²) in [5.74, 6) is -16.1. The first kappa shape index (κ1) is 41.0. The Hall–Kier alpha value is -4.42. The molecule has 0 saturated carbocycles. The number of benzene rings is 3. The Kier molecular flexibility index (Phi) is 15.0. The van der Waals surface area contributed by atoms with Gasteiger partial charge in [0.1, 0.15) is 5.75 Å². The molecule has 0 N–H and O–H groups in total. The van der Waals surface area contributed by atoms with E-state index in [-0.39, 0.29) is 18.5 Å². The van der Waals surface area contributed by atoms with E-state index in [0.717, 1.165) is 42.4 Å². The summed E-state index contributed by atoms with van der Waals surface area (Å²) in [4.78, 5) is 36.3. The zero-order chi connectivity index (χ0) is 37.7. The molecule has 1 unspecified atom stereocenters. The number of alkyl halides is 7. The fourth-order valence-corrected chi connectivity index (χ4v) is 5.00. The van der Waals surface area contributed by atoms with Gasteiger partial charge in [0, 0.05) is 0 Å². The summed E-state index contributed by atoms with van der Waals surface area (Å²) < 4.78 is 104. The minimum Gasteiger partial charge on any atom is -0.461 e. The third kappa shape index (κ3) is 11.8. The number of aryl methyl sites for hydroxylation is 1. The van der Waals surface area contributed by atoms with Crippen molar-refractivity contribution in [3.05, 3.63) is 89.5 Å². The van der Waals surface area contributed by atoms with Crippen LogP contribution in [0.3, 0.4) is 0 Å². The van der Waals surface area contributed by atoms with E-state index in [2.05, 4.69) is 11.7 Å². The van der Waals surface area contributed by atoms with Crippen LogP contribution >= 0.6 is 0 Å². The van der Waals surface area contributed by atoms with Crippen LogP contribution in [0.1, 0.15) is 97.9 Å². The summed E-state index contributed by atoms with van der Waals surface area (Å²) in [6, 6.07) is 20.7. The van der Waals surface area contributed by atoms with Crippen molar-refractivity contribution in [2.75, 3.05) is 6.61 Å². The average Bonchev–Trinajstić information content (AvgIpc) is 3.09. The first-order valence-corrected chi connectivity index (χ1v) is 16.8. The predicted molar refractivity (Wildman–Crippen MR) is 176 cm³/mol. The molecule has 0 saturated heterocycles. The molecule has 0 bridgehead atoms. The van der Waals surface area contributed by atoms with Gasteiger partial charge in [0.15, 0.2) is 0 Å². The summed E-state index contributed by atoms with van der Waals surface area (Å²) >= 11 is 0. The molecule has 3 aromatic carbocycles. The van der Waals surface area contributed by atoms with Crippen molar-refractivity contribution in [2.24, 2.45) is 0 Å². The number of carbonyl (C=O) groups is 3. The second-order valence-electron chi connectivity index (χ2n) is 12.2. The summed E-state index contributed by atoms with van der Waals surface area (Å²) in [5.41, 5.74) is 3.39. The van der Waals surface area contributed by atoms with E-state index in [1.54, 1.807) is 60.7 Å². The lowest BCUT2D eigenvalue weighted by atomic mass is 10.0. The van der Waals surface area contributed by atoms with Crippen LogP contribution in [0, 0.1) is 0 Å². The molecular formula is C38H41F7O6. The first-order chi connectivity index (χ1) is 24.1. The maximum absolute atomic E-state index is 13.3. The van der Waals surface area contributed by atoms with E-state index < -0.39 is 36.6 Å². The summed E-state index contributed by atoms with van der Waals surface area (Å²) in [6.07, 6.45) is 0.586. The normalized spacial score (nSPS) is 12.6. The zero-order valence-electron chi connectivity index (χ0n) is 28.4. The van der Waals surface area contributed by atoms with Crippen molar-refractivity contribution in [1.82, 2.24) is 0 Å². The highest BCUT2D eigenvalue weighted by Crippen LogP contribution is 2.47. The monoisotopic (exact) mass is 726 g/mol. The minimum absolute atomic E-state index is 0.00731. The van der Waals surface area contributed by atoms with E-state index in [1.165, 1.54) is 6.42 Å². The lowest BCUT2D eigenvalue weighted by molar-refractivity contribution is -0.348. The predicted octanol–water partition coefficient (Wildman–Crippen LogP) is 10.6. The van der Waals surface area contributed by atoms with Gasteiger partial charge in [0.2, 0.25) is 0 Å². The Morgan fingerprint density at radius 1 is 0.647 bits per heavy atom. The van der Waals surface area contributed by atoms with Crippen LogP contribution in [0.25, 0.3) is 11.1 Å². The standard InChI is InChI=1S/C38H41F7O6/c1-3-4-5-8-11-26(2)50-33(46)31-19-17-28(18-20-31)29-21-23-32(24-22-29)51-34(47)30-15-13-27(14-16-30)12-9-6-7-10-25-49-35(48)36(39,40)37(41,42)38(43,44)45/h13-24,26H,3-12,25H2,1-2H3. The highest BCUT2D eigenvalue weighted by Gasteiger charge is 2.77. The summed E-state index contributed by atoms with van der Waals surface area (Å²) in [6.45, 7) is 3.32. The summed E-state index contributed by atoms with van der Waals surface area (Å²) in [5, 5.41) is 0. The molecule has 3 aromatic rings. The van der Waals surface area contributed by atoms with Gasteiger partial charge in [0.05, 0.1) is 23.8 Å². The molecule has 0 amide bonds. The van der Waals surface area contributed by atoms with Crippen molar-refractivity contribution >= 4 is 17.9 Å². The number of ether oxygens (including phenoxy) is 3. The molecule has 13 heteroatoms. The molecule has 0 spiro atoms. The van der Waals surface area contributed by atoms with Crippen LogP contribution in [0.2, 0.25) is 0 Å². The quantitative estimate of drug-likeness (QED) is 0.0530. The minimum atomic E-state index is -6.61. The molecular weight excluding hydrogens is 685 g/mol. The average molecular weight is 727 g/mol. The second kappa shape index (κ2) is 18.7. The van der Waals surface area contributed by atoms with E-state index in [4.69, 9.17) is 9.47 Å². The molecule has 1 atom stereocenters. The van der Waals surface area contributed by atoms with Crippen LogP contribution in [-0.4, -0.2) is 48.6 Å². The number of hydrogen-bond acceptors (Lipinski definition) is 6. The van der Waals surface area contributed by atoms with Crippen LogP contribution in [-0.2, 0) is 20.7 Å². The van der Waals surface area contributed by atoms with Gasteiger partial charge in [0.25, 0.3) is 0 Å². The van der Waals surface area contributed by atoms with Crippen molar-refractivity contribution in [3.63, 3.8) is 0 Å². The van der Waals surface area contributed by atoms with Crippen molar-refractivity contribution in [2.45, 2.75) is 102 Å². The van der Waals surface area contributed by atoms with E-state index in [1.807, 2.05) is 19.1 Å². The fraction of sp³-hybridized carbons (Fsp3) is 0.447. The number of carbonyl (C=O) groups excluding carboxylic acids is 3. The Labute approximate surface area is 292 Å². The molecule has 0 aliphatic carbocycles. The highest BCUT2D eigenvalue weighted by atomic mass is 19.4. The Morgan fingerprint density at radius 2 is 1.18 bits per heavy atom. The maximum atomic E-state index is 13.3. The molecule has 51 heavy (non-hydrogen) atoms. The largest absolute Gasteiger partial charge is 0.461 e. The van der Waals surface area contributed by atoms with Crippen LogP contribution < -0.4 is 4.74 Å². The smallest absolute Gasteiger partial charge is 0.460 e. The van der Waals surface area contributed by atoms with Crippen LogP contribution in [0.4, 0.5) is 30.7 Å². The molecule has 3 rings (SSSR count). The third-order valence-corrected chi connectivity index (χ3v) is 8.08. The molecule has 0 radical (unpaired) electrons. The first-order valence-electron chi connectivity index (χ1n) is 16.8. The van der Waals surface area contributed by atoms with Crippen LogP contribution in [0.15, 0.2) is 72.8 Å². The Balaban J connectivity index is 1.38. The molecule has 0 aliphatic heterocycles. The van der Waals surface area contributed by atoms with Gasteiger partial charge in [-0.3, -0.25) is 0 Å².